The maximum absolute atomic E-state index is 6.20. The normalized spacial score (nSPS) is 22.6. The zero-order valence-corrected chi connectivity index (χ0v) is 11.5. The average Bonchev–Trinajstić information content (AvgIpc) is 3.11. The number of likely N-dealkylation sites (N-methyl/N-ethyl adjacent to an activating group) is 1. The molecule has 0 radical (unpaired) electrons. The molecule has 2 aromatic rings. The zero-order chi connectivity index (χ0) is 13.3. The Hall–Kier alpha value is -2.16. The zero-order valence-electron chi connectivity index (χ0n) is 11.5. The first-order valence-electron chi connectivity index (χ1n) is 7.25. The molecule has 2 aliphatic heterocycles. The minimum absolute atomic E-state index is 0.424. The third kappa shape index (κ3) is 1.16. The van der Waals surface area contributed by atoms with Crippen LogP contribution in [0.2, 0.25) is 0 Å². The van der Waals surface area contributed by atoms with Crippen LogP contribution in [0, 0.1) is 0 Å². The molecule has 3 nitrogen and oxygen atoms in total. The van der Waals surface area contributed by atoms with Crippen LogP contribution >= 0.6 is 0 Å². The first kappa shape index (κ1) is 10.6. The molecule has 1 aliphatic carbocycles. The molecule has 1 unspecified atom stereocenters. The van der Waals surface area contributed by atoms with Gasteiger partial charge in [0.25, 0.3) is 0 Å². The monoisotopic (exact) mass is 264 g/mol. The third-order valence-electron chi connectivity index (χ3n) is 4.79. The standard InChI is InChI=1S/C17H16N2O/c1-18-8-9-19-15(18)10-11-6-7-13-12-4-2-3-5-14(12)20-17(13)16(11)19/h3,5-9,15H,2,4,10H2,1H3. The highest BCUT2D eigenvalue weighted by Gasteiger charge is 2.36. The summed E-state index contributed by atoms with van der Waals surface area (Å²) in [6.07, 6.45) is 12.4. The lowest BCUT2D eigenvalue weighted by molar-refractivity contribution is 0.369. The van der Waals surface area contributed by atoms with Crippen LogP contribution in [0.1, 0.15) is 23.3 Å². The Kier molecular flexibility index (Phi) is 1.85. The summed E-state index contributed by atoms with van der Waals surface area (Å²) in [7, 11) is 2.14. The Labute approximate surface area is 117 Å². The van der Waals surface area contributed by atoms with Gasteiger partial charge in [-0.1, -0.05) is 18.2 Å². The van der Waals surface area contributed by atoms with Gasteiger partial charge in [-0.2, -0.15) is 0 Å². The van der Waals surface area contributed by atoms with Crippen LogP contribution in [-0.4, -0.2) is 18.1 Å². The second-order valence-electron chi connectivity index (χ2n) is 5.89. The molecule has 100 valence electrons. The van der Waals surface area contributed by atoms with Crippen LogP contribution in [-0.2, 0) is 12.8 Å². The topological polar surface area (TPSA) is 19.6 Å². The van der Waals surface area contributed by atoms with Crippen molar-refractivity contribution in [1.29, 1.82) is 0 Å². The summed E-state index contributed by atoms with van der Waals surface area (Å²) in [6.45, 7) is 0. The Bertz CT molecular complexity index is 784. The number of aryl methyl sites for hydroxylation is 1. The maximum Gasteiger partial charge on any atom is 0.159 e. The number of benzene rings is 1. The van der Waals surface area contributed by atoms with Crippen molar-refractivity contribution in [2.24, 2.45) is 0 Å². The number of allylic oxidation sites excluding steroid dienone is 1. The van der Waals surface area contributed by atoms with Crippen LogP contribution in [0.15, 0.2) is 35.0 Å². The van der Waals surface area contributed by atoms with Crippen LogP contribution < -0.4 is 4.90 Å². The quantitative estimate of drug-likeness (QED) is 0.726. The molecule has 1 aromatic carbocycles. The van der Waals surface area contributed by atoms with E-state index in [4.69, 9.17) is 4.42 Å². The van der Waals surface area contributed by atoms with Gasteiger partial charge in [-0.05, 0) is 24.5 Å². The van der Waals surface area contributed by atoms with Gasteiger partial charge in [0.2, 0.25) is 0 Å². The largest absolute Gasteiger partial charge is 0.454 e. The molecule has 0 amide bonds. The van der Waals surface area contributed by atoms with Gasteiger partial charge < -0.3 is 14.2 Å². The highest BCUT2D eigenvalue weighted by Crippen LogP contribution is 2.44. The summed E-state index contributed by atoms with van der Waals surface area (Å²) in [6, 6.07) is 4.54. The van der Waals surface area contributed by atoms with E-state index in [1.165, 1.54) is 22.2 Å². The maximum atomic E-state index is 6.20. The summed E-state index contributed by atoms with van der Waals surface area (Å²) in [4.78, 5) is 4.63. The second kappa shape index (κ2) is 3.48. The fraction of sp³-hybridized carbons (Fsp3) is 0.294. The number of anilines is 1. The molecule has 5 rings (SSSR count). The predicted octanol–water partition coefficient (Wildman–Crippen LogP) is 3.50. The molecule has 0 saturated carbocycles. The van der Waals surface area contributed by atoms with E-state index < -0.39 is 0 Å². The lowest BCUT2D eigenvalue weighted by Crippen LogP contribution is -2.33. The molecule has 3 heterocycles. The molecule has 20 heavy (non-hydrogen) atoms. The summed E-state index contributed by atoms with van der Waals surface area (Å²) < 4.78 is 6.20. The Morgan fingerprint density at radius 3 is 3.15 bits per heavy atom. The van der Waals surface area contributed by atoms with E-state index in [2.05, 4.69) is 53.5 Å². The predicted molar refractivity (Wildman–Crippen MR) is 80.4 cm³/mol. The number of fused-ring (bicyclic) bond motifs is 7. The molecule has 0 saturated heterocycles. The molecular formula is C17H16N2O. The van der Waals surface area contributed by atoms with E-state index in [9.17, 15) is 0 Å². The van der Waals surface area contributed by atoms with Crippen molar-refractivity contribution in [2.45, 2.75) is 25.4 Å². The highest BCUT2D eigenvalue weighted by atomic mass is 16.3. The first-order valence-corrected chi connectivity index (χ1v) is 7.25. The lowest BCUT2D eigenvalue weighted by Gasteiger charge is -2.23. The molecule has 3 aliphatic rings. The Balaban J connectivity index is 1.80. The van der Waals surface area contributed by atoms with Gasteiger partial charge >= 0.3 is 0 Å². The first-order chi connectivity index (χ1) is 9.83. The van der Waals surface area contributed by atoms with Gasteiger partial charge in [0.05, 0.1) is 5.69 Å². The van der Waals surface area contributed by atoms with Gasteiger partial charge in [0.1, 0.15) is 11.9 Å². The minimum Gasteiger partial charge on any atom is -0.454 e. The smallest absolute Gasteiger partial charge is 0.159 e. The molecule has 1 atom stereocenters. The van der Waals surface area contributed by atoms with Crippen LogP contribution in [0.5, 0.6) is 0 Å². The highest BCUT2D eigenvalue weighted by molar-refractivity contribution is 5.97. The fourth-order valence-corrected chi connectivity index (χ4v) is 3.75. The van der Waals surface area contributed by atoms with E-state index >= 15 is 0 Å². The van der Waals surface area contributed by atoms with Crippen LogP contribution in [0.4, 0.5) is 5.69 Å². The van der Waals surface area contributed by atoms with E-state index in [-0.39, 0.29) is 0 Å². The van der Waals surface area contributed by atoms with Crippen LogP contribution in [0.25, 0.3) is 17.0 Å². The Morgan fingerprint density at radius 1 is 1.25 bits per heavy atom. The molecule has 3 heteroatoms. The fourth-order valence-electron chi connectivity index (χ4n) is 3.75. The molecular weight excluding hydrogens is 248 g/mol. The van der Waals surface area contributed by atoms with Crippen molar-refractivity contribution in [3.8, 4) is 0 Å². The number of rotatable bonds is 0. The number of furan rings is 1. The summed E-state index contributed by atoms with van der Waals surface area (Å²) in [5.74, 6) is 1.06. The van der Waals surface area contributed by atoms with Gasteiger partial charge in [-0.25, -0.2) is 0 Å². The van der Waals surface area contributed by atoms with E-state index in [0.29, 0.717) is 6.17 Å². The van der Waals surface area contributed by atoms with Crippen molar-refractivity contribution in [3.63, 3.8) is 0 Å². The van der Waals surface area contributed by atoms with Crippen molar-refractivity contribution >= 4 is 22.7 Å². The van der Waals surface area contributed by atoms with E-state index in [1.54, 1.807) is 0 Å². The van der Waals surface area contributed by atoms with Gasteiger partial charge in [0.15, 0.2) is 5.58 Å². The average molecular weight is 264 g/mol. The van der Waals surface area contributed by atoms with Crippen molar-refractivity contribution in [3.05, 3.63) is 47.5 Å². The van der Waals surface area contributed by atoms with Gasteiger partial charge in [-0.15, -0.1) is 0 Å². The number of hydrogen-bond acceptors (Lipinski definition) is 3. The Morgan fingerprint density at radius 2 is 2.20 bits per heavy atom. The number of nitrogens with zero attached hydrogens (tertiary/aromatic N) is 2. The molecule has 0 spiro atoms. The third-order valence-corrected chi connectivity index (χ3v) is 4.79. The lowest BCUT2D eigenvalue weighted by atomic mass is 9.99. The van der Waals surface area contributed by atoms with Crippen molar-refractivity contribution < 1.29 is 4.42 Å². The summed E-state index contributed by atoms with van der Waals surface area (Å²) >= 11 is 0. The van der Waals surface area contributed by atoms with E-state index in [0.717, 1.165) is 30.6 Å². The molecule has 1 aromatic heterocycles. The summed E-state index contributed by atoms with van der Waals surface area (Å²) in [5, 5.41) is 1.30. The van der Waals surface area contributed by atoms with Crippen molar-refractivity contribution in [2.75, 3.05) is 11.9 Å². The molecule has 0 N–H and O–H groups in total. The molecule has 0 fully saturated rings. The van der Waals surface area contributed by atoms with E-state index in [1.807, 2.05) is 0 Å². The van der Waals surface area contributed by atoms with Crippen LogP contribution in [0.3, 0.4) is 0 Å². The van der Waals surface area contributed by atoms with Gasteiger partial charge in [-0.3, -0.25) is 0 Å². The molecule has 0 bridgehead atoms. The van der Waals surface area contributed by atoms with Gasteiger partial charge in [0, 0.05) is 36.8 Å². The SMILES string of the molecule is CN1C=CN2c3c(ccc4c5c(oc34)C=CCC5)CC12. The number of hydrogen-bond donors (Lipinski definition) is 0. The second-order valence-corrected chi connectivity index (χ2v) is 5.89. The summed E-state index contributed by atoms with van der Waals surface area (Å²) in [5.41, 5.74) is 5.12. The van der Waals surface area contributed by atoms with Crippen molar-refractivity contribution in [1.82, 2.24) is 4.90 Å². The minimum atomic E-state index is 0.424.